The van der Waals surface area contributed by atoms with Crippen LogP contribution in [-0.2, 0) is 4.74 Å². The van der Waals surface area contributed by atoms with Crippen molar-refractivity contribution < 1.29 is 9.13 Å². The van der Waals surface area contributed by atoms with Gasteiger partial charge in [-0.05, 0) is 31.4 Å². The van der Waals surface area contributed by atoms with Crippen molar-refractivity contribution in [3.63, 3.8) is 0 Å². The molecule has 2 rings (SSSR count). The van der Waals surface area contributed by atoms with Gasteiger partial charge in [-0.25, -0.2) is 4.39 Å². The van der Waals surface area contributed by atoms with E-state index in [9.17, 15) is 4.39 Å². The minimum atomic E-state index is -0.183. The average molecular weight is 450 g/mol. The third-order valence-electron chi connectivity index (χ3n) is 3.97. The first-order valence-corrected chi connectivity index (χ1v) is 8.22. The Hall–Kier alpha value is -1.09. The fourth-order valence-corrected chi connectivity index (χ4v) is 2.64. The van der Waals surface area contributed by atoms with Crippen molar-refractivity contribution in [3.05, 3.63) is 30.1 Å². The van der Waals surface area contributed by atoms with Crippen molar-refractivity contribution in [2.45, 2.75) is 25.4 Å². The zero-order chi connectivity index (χ0) is 16.5. The summed E-state index contributed by atoms with van der Waals surface area (Å²) in [5.74, 6) is 0.603. The maximum atomic E-state index is 13.7. The smallest absolute Gasteiger partial charge is 0.191 e. The van der Waals surface area contributed by atoms with Crippen LogP contribution in [0.1, 0.15) is 19.3 Å². The van der Waals surface area contributed by atoms with Gasteiger partial charge in [0.15, 0.2) is 5.96 Å². The summed E-state index contributed by atoms with van der Waals surface area (Å²) in [6.07, 6.45) is 3.43. The van der Waals surface area contributed by atoms with Gasteiger partial charge in [-0.15, -0.1) is 24.0 Å². The normalized spacial score (nSPS) is 17.3. The number of nitrogens with one attached hydrogen (secondary N) is 2. The summed E-state index contributed by atoms with van der Waals surface area (Å²) in [6, 6.07) is 6.84. The quantitative estimate of drug-likeness (QED) is 0.290. The van der Waals surface area contributed by atoms with E-state index >= 15 is 0 Å². The largest absolute Gasteiger partial charge is 0.376 e. The molecular weight excluding hydrogens is 422 g/mol. The van der Waals surface area contributed by atoms with E-state index in [1.807, 2.05) is 18.0 Å². The van der Waals surface area contributed by atoms with Gasteiger partial charge in [0.1, 0.15) is 5.82 Å². The molecule has 5 nitrogen and oxygen atoms in total. The molecule has 136 valence electrons. The van der Waals surface area contributed by atoms with Crippen molar-refractivity contribution in [1.29, 1.82) is 0 Å². The van der Waals surface area contributed by atoms with Crippen LogP contribution in [0.5, 0.6) is 0 Å². The number of ether oxygens (including phenoxy) is 1. The lowest BCUT2D eigenvalue weighted by atomic mass is 10.2. The molecule has 24 heavy (non-hydrogen) atoms. The highest BCUT2D eigenvalue weighted by Crippen LogP contribution is 2.16. The van der Waals surface area contributed by atoms with E-state index in [4.69, 9.17) is 4.74 Å². The lowest BCUT2D eigenvalue weighted by Gasteiger charge is -2.20. The summed E-state index contributed by atoms with van der Waals surface area (Å²) in [7, 11) is 3.67. The van der Waals surface area contributed by atoms with Crippen LogP contribution in [0.25, 0.3) is 0 Å². The van der Waals surface area contributed by atoms with Crippen molar-refractivity contribution in [3.8, 4) is 0 Å². The number of halogens is 2. The van der Waals surface area contributed by atoms with Crippen molar-refractivity contribution in [1.82, 2.24) is 10.6 Å². The molecule has 0 radical (unpaired) electrons. The molecule has 1 heterocycles. The van der Waals surface area contributed by atoms with E-state index in [1.54, 1.807) is 19.2 Å². The van der Waals surface area contributed by atoms with Crippen LogP contribution in [0.4, 0.5) is 10.1 Å². The molecule has 0 spiro atoms. The van der Waals surface area contributed by atoms with Crippen LogP contribution in [-0.4, -0.2) is 52.4 Å². The number of nitrogens with zero attached hydrogens (tertiary/aromatic N) is 2. The minimum Gasteiger partial charge on any atom is -0.376 e. The number of para-hydroxylation sites is 1. The summed E-state index contributed by atoms with van der Waals surface area (Å²) in [4.78, 5) is 6.13. The maximum Gasteiger partial charge on any atom is 0.191 e. The predicted molar refractivity (Wildman–Crippen MR) is 108 cm³/mol. The zero-order valence-corrected chi connectivity index (χ0v) is 16.8. The number of hydrogen-bond donors (Lipinski definition) is 2. The first-order chi connectivity index (χ1) is 11.2. The van der Waals surface area contributed by atoms with Gasteiger partial charge < -0.3 is 20.3 Å². The zero-order valence-electron chi connectivity index (χ0n) is 14.4. The van der Waals surface area contributed by atoms with Gasteiger partial charge in [0.2, 0.25) is 0 Å². The Labute approximate surface area is 161 Å². The molecule has 1 aliphatic heterocycles. The minimum absolute atomic E-state index is 0. The van der Waals surface area contributed by atoms with Crippen molar-refractivity contribution in [2.75, 3.05) is 45.2 Å². The number of benzene rings is 1. The molecule has 1 aromatic rings. The highest BCUT2D eigenvalue weighted by molar-refractivity contribution is 14.0. The van der Waals surface area contributed by atoms with Gasteiger partial charge in [-0.3, -0.25) is 4.99 Å². The second kappa shape index (κ2) is 11.5. The first kappa shape index (κ1) is 21.0. The number of hydrogen-bond acceptors (Lipinski definition) is 3. The Morgan fingerprint density at radius 2 is 2.17 bits per heavy atom. The van der Waals surface area contributed by atoms with Crippen LogP contribution >= 0.6 is 24.0 Å². The van der Waals surface area contributed by atoms with E-state index < -0.39 is 0 Å². The molecule has 2 N–H and O–H groups in total. The second-order valence-electron chi connectivity index (χ2n) is 5.74. The highest BCUT2D eigenvalue weighted by atomic mass is 127. The summed E-state index contributed by atoms with van der Waals surface area (Å²) in [5.41, 5.74) is 0.633. The fourth-order valence-electron chi connectivity index (χ4n) is 2.64. The molecule has 7 heteroatoms. The topological polar surface area (TPSA) is 48.9 Å². The van der Waals surface area contributed by atoms with Gasteiger partial charge >= 0.3 is 0 Å². The van der Waals surface area contributed by atoms with Gasteiger partial charge in [-0.1, -0.05) is 12.1 Å². The van der Waals surface area contributed by atoms with E-state index in [2.05, 4.69) is 15.6 Å². The van der Waals surface area contributed by atoms with E-state index in [1.165, 1.54) is 6.07 Å². The summed E-state index contributed by atoms with van der Waals surface area (Å²) >= 11 is 0. The van der Waals surface area contributed by atoms with E-state index in [0.29, 0.717) is 11.8 Å². The molecule has 0 aliphatic carbocycles. The molecule has 1 saturated heterocycles. The molecule has 1 fully saturated rings. The van der Waals surface area contributed by atoms with Crippen LogP contribution in [0.2, 0.25) is 0 Å². The van der Waals surface area contributed by atoms with Crippen LogP contribution in [0.3, 0.4) is 0 Å². The standard InChI is InChI=1S/C17H27FN4O.HI/c1-19-17(21-13-14-7-5-12-23-14)20-10-6-11-22(2)16-9-4-3-8-15(16)18;/h3-4,8-9,14H,5-7,10-13H2,1-2H3,(H2,19,20,21);1H. The Kier molecular flexibility index (Phi) is 10.0. The van der Waals surface area contributed by atoms with Crippen LogP contribution in [0.15, 0.2) is 29.3 Å². The third-order valence-corrected chi connectivity index (χ3v) is 3.97. The maximum absolute atomic E-state index is 13.7. The monoisotopic (exact) mass is 450 g/mol. The molecule has 1 atom stereocenters. The predicted octanol–water partition coefficient (Wildman–Crippen LogP) is 2.61. The average Bonchev–Trinajstić information content (AvgIpc) is 3.08. The lowest BCUT2D eigenvalue weighted by molar-refractivity contribution is 0.114. The number of aliphatic imine (C=N–C) groups is 1. The number of rotatable bonds is 7. The molecule has 1 unspecified atom stereocenters. The first-order valence-electron chi connectivity index (χ1n) is 8.22. The summed E-state index contributed by atoms with van der Waals surface area (Å²) < 4.78 is 19.3. The van der Waals surface area contributed by atoms with E-state index in [0.717, 1.165) is 51.5 Å². The molecule has 0 saturated carbocycles. The Balaban J connectivity index is 0.00000288. The van der Waals surface area contributed by atoms with Gasteiger partial charge in [-0.2, -0.15) is 0 Å². The van der Waals surface area contributed by atoms with Crippen molar-refractivity contribution >= 4 is 35.6 Å². The Bertz CT molecular complexity index is 509. The SMILES string of the molecule is CN=C(NCCCN(C)c1ccccc1F)NCC1CCCO1.I. The van der Waals surface area contributed by atoms with Crippen molar-refractivity contribution in [2.24, 2.45) is 4.99 Å². The molecule has 1 aromatic carbocycles. The summed E-state index contributed by atoms with van der Waals surface area (Å²) in [6.45, 7) is 3.20. The molecule has 1 aliphatic rings. The Morgan fingerprint density at radius 3 is 2.83 bits per heavy atom. The molecule has 0 bridgehead atoms. The molecule has 0 aromatic heterocycles. The van der Waals surface area contributed by atoms with E-state index in [-0.39, 0.29) is 29.8 Å². The number of guanidine groups is 1. The van der Waals surface area contributed by atoms with Gasteiger partial charge in [0, 0.05) is 40.3 Å². The second-order valence-corrected chi connectivity index (χ2v) is 5.74. The van der Waals surface area contributed by atoms with Crippen LogP contribution < -0.4 is 15.5 Å². The summed E-state index contributed by atoms with van der Waals surface area (Å²) in [5, 5.41) is 6.56. The number of anilines is 1. The highest BCUT2D eigenvalue weighted by Gasteiger charge is 2.15. The molecular formula is C17H28FIN4O. The van der Waals surface area contributed by atoms with Gasteiger partial charge in [0.25, 0.3) is 0 Å². The Morgan fingerprint density at radius 1 is 1.38 bits per heavy atom. The fraction of sp³-hybridized carbons (Fsp3) is 0.588. The third kappa shape index (κ3) is 6.80. The molecule has 0 amide bonds. The van der Waals surface area contributed by atoms with Crippen LogP contribution in [0, 0.1) is 5.82 Å². The van der Waals surface area contributed by atoms with Gasteiger partial charge in [0.05, 0.1) is 11.8 Å². The lowest BCUT2D eigenvalue weighted by Crippen LogP contribution is -2.41.